The van der Waals surface area contributed by atoms with Gasteiger partial charge in [-0.2, -0.15) is 0 Å². The number of hydrogen-bond acceptors (Lipinski definition) is 10. The van der Waals surface area contributed by atoms with Crippen molar-refractivity contribution in [1.29, 1.82) is 0 Å². The molecule has 0 fully saturated rings. The summed E-state index contributed by atoms with van der Waals surface area (Å²) in [6.45, 7) is -0.571. The fraction of sp³-hybridized carbons (Fsp3) is 0.444. The van der Waals surface area contributed by atoms with Gasteiger partial charge in [0.05, 0.1) is 46.0 Å². The van der Waals surface area contributed by atoms with Crippen LogP contribution >= 0.6 is 0 Å². The number of nitrogens with two attached hydrogens (primary N) is 1. The fourth-order valence-electron chi connectivity index (χ4n) is 3.53. The Labute approximate surface area is 248 Å². The standard InChI is InChI=1S/C27H37N7O9/c28-9-12-43-18-32-23(37)16-31-27(41)20(14-19-4-2-1-3-5-19)33-24(38)17-30-22(36)15-29-21(35)8-11-42-13-10-34-25(39)6-7-26(34)40/h1-7,20H,8-18,28H2,(H,29,35)(H,30,36)(H,31,41)(H,32,37)(H,33,38). The highest BCUT2D eigenvalue weighted by Gasteiger charge is 2.23. The van der Waals surface area contributed by atoms with Crippen molar-refractivity contribution in [1.82, 2.24) is 31.5 Å². The van der Waals surface area contributed by atoms with Gasteiger partial charge in [0.25, 0.3) is 11.8 Å². The first kappa shape index (κ1) is 34.5. The molecule has 0 aliphatic carbocycles. The van der Waals surface area contributed by atoms with Gasteiger partial charge in [-0.05, 0) is 5.56 Å². The van der Waals surface area contributed by atoms with Crippen molar-refractivity contribution in [3.8, 4) is 0 Å². The highest BCUT2D eigenvalue weighted by Crippen LogP contribution is 2.04. The summed E-state index contributed by atoms with van der Waals surface area (Å²) in [7, 11) is 0. The van der Waals surface area contributed by atoms with Crippen LogP contribution in [0.15, 0.2) is 42.5 Å². The summed E-state index contributed by atoms with van der Waals surface area (Å²) in [4.78, 5) is 85.1. The third kappa shape index (κ3) is 14.2. The SMILES string of the molecule is NCCOCNC(=O)CNC(=O)C(Cc1ccccc1)NC(=O)CNC(=O)CNC(=O)CCOCCN1C(=O)C=CC1=O. The van der Waals surface area contributed by atoms with E-state index >= 15 is 0 Å². The van der Waals surface area contributed by atoms with Crippen LogP contribution < -0.4 is 32.3 Å². The molecule has 0 saturated heterocycles. The summed E-state index contributed by atoms with van der Waals surface area (Å²) in [5.41, 5.74) is 6.06. The number of nitrogens with one attached hydrogen (secondary N) is 5. The second-order valence-electron chi connectivity index (χ2n) is 9.05. The summed E-state index contributed by atoms with van der Waals surface area (Å²) in [5.74, 6) is -3.73. The molecule has 2 rings (SSSR count). The van der Waals surface area contributed by atoms with E-state index in [0.29, 0.717) is 6.54 Å². The lowest BCUT2D eigenvalue weighted by Crippen LogP contribution is -2.52. The summed E-state index contributed by atoms with van der Waals surface area (Å²) in [5, 5.41) is 12.2. The highest BCUT2D eigenvalue weighted by molar-refractivity contribution is 6.12. The van der Waals surface area contributed by atoms with E-state index in [4.69, 9.17) is 15.2 Å². The third-order valence-electron chi connectivity index (χ3n) is 5.72. The molecule has 7 amide bonds. The number of nitrogens with zero attached hydrogens (tertiary/aromatic N) is 1. The number of amides is 7. The maximum absolute atomic E-state index is 12.8. The van der Waals surface area contributed by atoms with Crippen molar-refractivity contribution in [2.75, 3.05) is 59.3 Å². The van der Waals surface area contributed by atoms with Crippen LogP contribution in [0, 0.1) is 0 Å². The lowest BCUT2D eigenvalue weighted by molar-refractivity contribution is -0.138. The van der Waals surface area contributed by atoms with Crippen LogP contribution in [0.1, 0.15) is 12.0 Å². The van der Waals surface area contributed by atoms with Crippen LogP contribution in [-0.4, -0.2) is 112 Å². The van der Waals surface area contributed by atoms with E-state index in [1.54, 1.807) is 30.3 Å². The maximum atomic E-state index is 12.8. The van der Waals surface area contributed by atoms with Gasteiger partial charge in [0.15, 0.2) is 0 Å². The van der Waals surface area contributed by atoms with Gasteiger partial charge in [-0.25, -0.2) is 0 Å². The first-order valence-electron chi connectivity index (χ1n) is 13.5. The molecule has 0 radical (unpaired) electrons. The maximum Gasteiger partial charge on any atom is 0.253 e. The molecular weight excluding hydrogens is 566 g/mol. The summed E-state index contributed by atoms with van der Waals surface area (Å²) >= 11 is 0. The molecule has 1 aliphatic heterocycles. The van der Waals surface area contributed by atoms with E-state index < -0.39 is 60.5 Å². The van der Waals surface area contributed by atoms with Gasteiger partial charge in [0, 0.05) is 31.5 Å². The second kappa shape index (κ2) is 19.5. The third-order valence-corrected chi connectivity index (χ3v) is 5.72. The molecule has 16 heteroatoms. The summed E-state index contributed by atoms with van der Waals surface area (Å²) < 4.78 is 10.3. The van der Waals surface area contributed by atoms with E-state index in [1.807, 2.05) is 0 Å². The number of imide groups is 1. The van der Waals surface area contributed by atoms with Crippen LogP contribution in [0.5, 0.6) is 0 Å². The Kier molecular flexibility index (Phi) is 15.6. The van der Waals surface area contributed by atoms with Gasteiger partial charge in [0.1, 0.15) is 12.8 Å². The predicted octanol–water partition coefficient (Wildman–Crippen LogP) is -3.56. The van der Waals surface area contributed by atoms with Gasteiger partial charge in [-0.1, -0.05) is 30.3 Å². The molecule has 0 bridgehead atoms. The molecule has 1 aromatic rings. The number of benzene rings is 1. The van der Waals surface area contributed by atoms with E-state index in [1.165, 1.54) is 0 Å². The van der Waals surface area contributed by atoms with Crippen molar-refractivity contribution >= 4 is 41.4 Å². The van der Waals surface area contributed by atoms with Crippen LogP contribution in [0.2, 0.25) is 0 Å². The summed E-state index contributed by atoms with van der Waals surface area (Å²) in [6.07, 6.45) is 2.39. The van der Waals surface area contributed by atoms with Gasteiger partial charge in [0.2, 0.25) is 29.5 Å². The van der Waals surface area contributed by atoms with Crippen LogP contribution in [0.3, 0.4) is 0 Å². The minimum absolute atomic E-state index is 0.00803. The normalized spacial score (nSPS) is 12.9. The molecule has 1 aliphatic rings. The molecule has 1 unspecified atom stereocenters. The van der Waals surface area contributed by atoms with Crippen molar-refractivity contribution in [3.05, 3.63) is 48.0 Å². The Morgan fingerprint density at radius 3 is 2.07 bits per heavy atom. The van der Waals surface area contributed by atoms with Gasteiger partial charge in [-0.15, -0.1) is 0 Å². The Balaban J connectivity index is 1.69. The van der Waals surface area contributed by atoms with Gasteiger partial charge < -0.3 is 41.8 Å². The zero-order valence-corrected chi connectivity index (χ0v) is 23.6. The Bertz CT molecular complexity index is 1140. The molecular formula is C27H37N7O9. The molecule has 43 heavy (non-hydrogen) atoms. The second-order valence-corrected chi connectivity index (χ2v) is 9.05. The predicted molar refractivity (Wildman–Crippen MR) is 150 cm³/mol. The van der Waals surface area contributed by atoms with Crippen LogP contribution in [0.25, 0.3) is 0 Å². The fourth-order valence-corrected chi connectivity index (χ4v) is 3.53. The molecule has 1 atom stereocenters. The van der Waals surface area contributed by atoms with Crippen LogP contribution in [-0.2, 0) is 49.5 Å². The van der Waals surface area contributed by atoms with Crippen molar-refractivity contribution in [3.63, 3.8) is 0 Å². The molecule has 1 heterocycles. The van der Waals surface area contributed by atoms with E-state index in [2.05, 4.69) is 26.6 Å². The van der Waals surface area contributed by atoms with E-state index in [9.17, 15) is 33.6 Å². The van der Waals surface area contributed by atoms with E-state index in [-0.39, 0.29) is 52.5 Å². The molecule has 16 nitrogen and oxygen atoms in total. The lowest BCUT2D eigenvalue weighted by Gasteiger charge is -2.19. The average Bonchev–Trinajstić information content (AvgIpc) is 3.32. The van der Waals surface area contributed by atoms with E-state index in [0.717, 1.165) is 22.6 Å². The quantitative estimate of drug-likeness (QED) is 0.0488. The van der Waals surface area contributed by atoms with Crippen molar-refractivity contribution < 1.29 is 43.0 Å². The zero-order valence-electron chi connectivity index (χ0n) is 23.6. The molecule has 234 valence electrons. The average molecular weight is 604 g/mol. The molecule has 1 aromatic carbocycles. The number of hydrogen-bond donors (Lipinski definition) is 6. The zero-order chi connectivity index (χ0) is 31.5. The molecule has 0 saturated carbocycles. The summed E-state index contributed by atoms with van der Waals surface area (Å²) in [6, 6.07) is 7.86. The smallest absolute Gasteiger partial charge is 0.253 e. The van der Waals surface area contributed by atoms with Crippen LogP contribution in [0.4, 0.5) is 0 Å². The topological polar surface area (TPSA) is 227 Å². The molecule has 0 aromatic heterocycles. The number of carbonyl (C=O) groups excluding carboxylic acids is 7. The molecule has 0 spiro atoms. The minimum atomic E-state index is -1.04. The number of ether oxygens (including phenoxy) is 2. The monoisotopic (exact) mass is 603 g/mol. The minimum Gasteiger partial charge on any atom is -0.379 e. The Morgan fingerprint density at radius 1 is 0.744 bits per heavy atom. The largest absolute Gasteiger partial charge is 0.379 e. The van der Waals surface area contributed by atoms with Crippen molar-refractivity contribution in [2.45, 2.75) is 18.9 Å². The highest BCUT2D eigenvalue weighted by atomic mass is 16.5. The number of carbonyl (C=O) groups is 7. The first-order chi connectivity index (χ1) is 20.7. The molecule has 7 N–H and O–H groups in total. The first-order valence-corrected chi connectivity index (χ1v) is 13.5. The Morgan fingerprint density at radius 2 is 1.37 bits per heavy atom. The lowest BCUT2D eigenvalue weighted by atomic mass is 10.1. The van der Waals surface area contributed by atoms with Gasteiger partial charge in [-0.3, -0.25) is 38.5 Å². The number of rotatable bonds is 20. The van der Waals surface area contributed by atoms with Crippen molar-refractivity contribution in [2.24, 2.45) is 5.73 Å². The Hall–Kier alpha value is -4.67. The van der Waals surface area contributed by atoms with Gasteiger partial charge >= 0.3 is 0 Å².